The quantitative estimate of drug-likeness (QED) is 0.751. The summed E-state index contributed by atoms with van der Waals surface area (Å²) in [5.74, 6) is -0.368. The number of carbonyl (C=O) groups excluding carboxylic acids is 4. The van der Waals surface area contributed by atoms with Crippen molar-refractivity contribution >= 4 is 45.6 Å². The summed E-state index contributed by atoms with van der Waals surface area (Å²) >= 11 is 1.91. The van der Waals surface area contributed by atoms with Gasteiger partial charge in [0, 0.05) is 26.9 Å². The first-order valence-electron chi connectivity index (χ1n) is 7.37. The molecule has 2 atom stereocenters. The Labute approximate surface area is 137 Å². The highest BCUT2D eigenvalue weighted by atomic mass is 32.2. The highest BCUT2D eigenvalue weighted by molar-refractivity contribution is 8.16. The third kappa shape index (κ3) is 2.03. The second kappa shape index (κ2) is 5.26. The Morgan fingerprint density at radius 2 is 1.23 bits per heavy atom. The molecule has 22 heavy (non-hydrogen) atoms. The molecule has 0 N–H and O–H groups in total. The van der Waals surface area contributed by atoms with Crippen LogP contribution in [0.5, 0.6) is 0 Å². The lowest BCUT2D eigenvalue weighted by molar-refractivity contribution is -0.161. The number of amides is 2. The van der Waals surface area contributed by atoms with Gasteiger partial charge in [-0.3, -0.25) is 19.2 Å². The third-order valence-corrected chi connectivity index (χ3v) is 6.90. The minimum absolute atomic E-state index is 0.168. The molecule has 3 fully saturated rings. The number of piperazine rings is 1. The molecule has 3 saturated heterocycles. The number of fused-ring (bicyclic) bond motifs is 2. The Balaban J connectivity index is 2.07. The summed E-state index contributed by atoms with van der Waals surface area (Å²) in [4.78, 5) is 50.4. The van der Waals surface area contributed by atoms with E-state index in [4.69, 9.17) is 0 Å². The molecule has 0 aromatic rings. The van der Waals surface area contributed by atoms with Crippen molar-refractivity contribution < 1.29 is 19.2 Å². The van der Waals surface area contributed by atoms with Crippen LogP contribution in [0.3, 0.4) is 0 Å². The molecule has 0 unspecified atom stereocenters. The maximum atomic E-state index is 13.1. The average molecular weight is 342 g/mol. The minimum Gasteiger partial charge on any atom is -0.316 e. The van der Waals surface area contributed by atoms with Crippen molar-refractivity contribution in [2.45, 2.75) is 49.3 Å². The summed E-state index contributed by atoms with van der Waals surface area (Å²) in [6.07, 6.45) is 2.40. The van der Waals surface area contributed by atoms with Gasteiger partial charge < -0.3 is 9.80 Å². The van der Waals surface area contributed by atoms with Crippen LogP contribution in [-0.4, -0.2) is 54.7 Å². The molecule has 0 radical (unpaired) electrons. The van der Waals surface area contributed by atoms with Gasteiger partial charge in [-0.2, -0.15) is 0 Å². The average Bonchev–Trinajstić information content (AvgIpc) is 3.01. The van der Waals surface area contributed by atoms with Gasteiger partial charge in [0.1, 0.15) is 0 Å². The van der Waals surface area contributed by atoms with Gasteiger partial charge in [0.05, 0.1) is 0 Å². The monoisotopic (exact) mass is 342 g/mol. The topological polar surface area (TPSA) is 74.8 Å². The highest BCUT2D eigenvalue weighted by Gasteiger charge is 2.67. The van der Waals surface area contributed by atoms with Gasteiger partial charge in [0.25, 0.3) is 11.8 Å². The van der Waals surface area contributed by atoms with Crippen molar-refractivity contribution in [3.05, 3.63) is 0 Å². The van der Waals surface area contributed by atoms with Gasteiger partial charge in [0.15, 0.2) is 20.0 Å². The van der Waals surface area contributed by atoms with E-state index < -0.39 is 9.74 Å². The summed E-state index contributed by atoms with van der Waals surface area (Å²) in [7, 11) is 0. The number of rotatable bonds is 2. The molecule has 8 heteroatoms. The molecule has 6 nitrogen and oxygen atoms in total. The van der Waals surface area contributed by atoms with Crippen LogP contribution in [0.15, 0.2) is 0 Å². The Morgan fingerprint density at radius 3 is 1.55 bits per heavy atom. The van der Waals surface area contributed by atoms with Crippen molar-refractivity contribution in [2.75, 3.05) is 13.1 Å². The van der Waals surface area contributed by atoms with E-state index in [0.29, 0.717) is 38.8 Å². The summed E-state index contributed by atoms with van der Waals surface area (Å²) < 4.78 is 0. The van der Waals surface area contributed by atoms with E-state index in [2.05, 4.69) is 0 Å². The Bertz CT molecular complexity index is 531. The molecule has 0 spiro atoms. The standard InChI is InChI=1S/C14H18N2O4S2/c1-9(17)21-13-5-3-7-15(13)12(20)14(22-10(2)18)6-4-8-16(14)11(13)19/h3-8H2,1-2H3/t13-,14+. The van der Waals surface area contributed by atoms with Crippen LogP contribution in [-0.2, 0) is 19.2 Å². The van der Waals surface area contributed by atoms with E-state index in [1.165, 1.54) is 13.8 Å². The van der Waals surface area contributed by atoms with Crippen LogP contribution in [0.2, 0.25) is 0 Å². The van der Waals surface area contributed by atoms with Crippen LogP contribution in [0.4, 0.5) is 0 Å². The number of nitrogens with zero attached hydrogens (tertiary/aromatic N) is 2. The molecular formula is C14H18N2O4S2. The molecule has 0 saturated carbocycles. The molecule has 3 heterocycles. The van der Waals surface area contributed by atoms with Gasteiger partial charge in [-0.05, 0) is 49.2 Å². The molecular weight excluding hydrogens is 324 g/mol. The third-order valence-electron chi connectivity index (χ3n) is 4.45. The molecule has 0 bridgehead atoms. The lowest BCUT2D eigenvalue weighted by Gasteiger charge is -2.51. The van der Waals surface area contributed by atoms with Crippen molar-refractivity contribution in [1.29, 1.82) is 0 Å². The van der Waals surface area contributed by atoms with Crippen LogP contribution in [0, 0.1) is 0 Å². The second-order valence-corrected chi connectivity index (χ2v) is 8.79. The molecule has 2 amide bonds. The first-order valence-corrected chi connectivity index (χ1v) is 9.00. The molecule has 3 rings (SSSR count). The number of thioether (sulfide) groups is 2. The predicted molar refractivity (Wildman–Crippen MR) is 83.9 cm³/mol. The highest BCUT2D eigenvalue weighted by Crippen LogP contribution is 2.53. The van der Waals surface area contributed by atoms with E-state index in [1.807, 2.05) is 0 Å². The van der Waals surface area contributed by atoms with Crippen molar-refractivity contribution in [2.24, 2.45) is 0 Å². The summed E-state index contributed by atoms with van der Waals surface area (Å²) in [6, 6.07) is 0. The lowest BCUT2D eigenvalue weighted by atomic mass is 10.0. The van der Waals surface area contributed by atoms with Crippen molar-refractivity contribution in [3.8, 4) is 0 Å². The maximum Gasteiger partial charge on any atom is 0.261 e. The smallest absolute Gasteiger partial charge is 0.261 e. The second-order valence-electron chi connectivity index (χ2n) is 5.88. The SMILES string of the molecule is CC(=O)S[C@]12CCCN1C(=O)[C@]1(SC(C)=O)CCCN1C2=O. The maximum absolute atomic E-state index is 13.1. The summed E-state index contributed by atoms with van der Waals surface area (Å²) in [5, 5.41) is -0.335. The van der Waals surface area contributed by atoms with E-state index in [-0.39, 0.29) is 22.0 Å². The zero-order chi connectivity index (χ0) is 16.1. The predicted octanol–water partition coefficient (Wildman–Crippen LogP) is 1.20. The molecule has 3 aliphatic rings. The van der Waals surface area contributed by atoms with Crippen LogP contribution in [0.1, 0.15) is 39.5 Å². The van der Waals surface area contributed by atoms with Gasteiger partial charge >= 0.3 is 0 Å². The van der Waals surface area contributed by atoms with Gasteiger partial charge in [-0.15, -0.1) is 0 Å². The Hall–Kier alpha value is -1.02. The summed E-state index contributed by atoms with van der Waals surface area (Å²) in [5.41, 5.74) is 0. The molecule has 3 aliphatic heterocycles. The zero-order valence-corrected chi connectivity index (χ0v) is 14.2. The molecule has 0 aromatic carbocycles. The molecule has 0 aromatic heterocycles. The van der Waals surface area contributed by atoms with Crippen LogP contribution >= 0.6 is 23.5 Å². The minimum atomic E-state index is -1.09. The van der Waals surface area contributed by atoms with Crippen LogP contribution < -0.4 is 0 Å². The van der Waals surface area contributed by atoms with E-state index in [0.717, 1.165) is 23.5 Å². The molecule has 0 aliphatic carbocycles. The fraction of sp³-hybridized carbons (Fsp3) is 0.714. The van der Waals surface area contributed by atoms with Gasteiger partial charge in [-0.25, -0.2) is 0 Å². The lowest BCUT2D eigenvalue weighted by Crippen LogP contribution is -2.71. The molecule has 120 valence electrons. The Kier molecular flexibility index (Phi) is 3.79. The normalized spacial score (nSPS) is 33.9. The van der Waals surface area contributed by atoms with Gasteiger partial charge in [-0.1, -0.05) is 0 Å². The fourth-order valence-electron chi connectivity index (χ4n) is 3.76. The van der Waals surface area contributed by atoms with Crippen LogP contribution in [0.25, 0.3) is 0 Å². The number of carbonyl (C=O) groups is 4. The zero-order valence-electron chi connectivity index (χ0n) is 12.6. The first-order chi connectivity index (χ1) is 10.3. The van der Waals surface area contributed by atoms with E-state index in [1.54, 1.807) is 9.80 Å². The number of hydrogen-bond donors (Lipinski definition) is 0. The number of hydrogen-bond acceptors (Lipinski definition) is 6. The first kappa shape index (κ1) is 15.9. The van der Waals surface area contributed by atoms with Crippen molar-refractivity contribution in [3.63, 3.8) is 0 Å². The van der Waals surface area contributed by atoms with Gasteiger partial charge in [0.2, 0.25) is 0 Å². The summed E-state index contributed by atoms with van der Waals surface area (Å²) in [6.45, 7) is 3.78. The fourth-order valence-corrected chi connectivity index (χ4v) is 6.17. The largest absolute Gasteiger partial charge is 0.316 e. The Morgan fingerprint density at radius 1 is 0.864 bits per heavy atom. The van der Waals surface area contributed by atoms with E-state index >= 15 is 0 Å². The van der Waals surface area contributed by atoms with Crippen molar-refractivity contribution in [1.82, 2.24) is 9.80 Å². The van der Waals surface area contributed by atoms with E-state index in [9.17, 15) is 19.2 Å².